The maximum absolute atomic E-state index is 6.43. The summed E-state index contributed by atoms with van der Waals surface area (Å²) in [7, 11) is 0. The number of nitrogens with two attached hydrogens (primary N) is 1. The minimum Gasteiger partial charge on any atom is -0.327 e. The smallest absolute Gasteiger partial charge is 0.0105 e. The van der Waals surface area contributed by atoms with Crippen LogP contribution in [-0.2, 0) is 0 Å². The van der Waals surface area contributed by atoms with E-state index >= 15 is 0 Å². The highest BCUT2D eigenvalue weighted by molar-refractivity contribution is 5.07. The highest BCUT2D eigenvalue weighted by Crippen LogP contribution is 2.34. The quantitative estimate of drug-likeness (QED) is 0.717. The molecule has 0 amide bonds. The van der Waals surface area contributed by atoms with Crippen molar-refractivity contribution >= 4 is 0 Å². The molecule has 0 radical (unpaired) electrons. The van der Waals surface area contributed by atoms with Crippen molar-refractivity contribution in [3.8, 4) is 0 Å². The van der Waals surface area contributed by atoms with E-state index in [1.165, 1.54) is 64.2 Å². The van der Waals surface area contributed by atoms with Crippen molar-refractivity contribution in [2.75, 3.05) is 0 Å². The van der Waals surface area contributed by atoms with E-state index in [2.05, 4.69) is 13.0 Å². The first kappa shape index (κ1) is 13.1. The third-order valence-electron chi connectivity index (χ3n) is 4.96. The topological polar surface area (TPSA) is 26.0 Å². The van der Waals surface area contributed by atoms with E-state index in [4.69, 9.17) is 5.73 Å². The van der Waals surface area contributed by atoms with Crippen LogP contribution in [0.2, 0.25) is 0 Å². The van der Waals surface area contributed by atoms with E-state index in [0.717, 1.165) is 11.8 Å². The molecule has 2 rings (SSSR count). The number of hydrogen-bond acceptors (Lipinski definition) is 1. The van der Waals surface area contributed by atoms with E-state index in [1.807, 2.05) is 0 Å². The standard InChI is InChI=1S/C16H29N/c1-2-13-8-10-15(11-9-13)16(17)12-14-6-4-3-5-7-14/h6,13,15-16H,2-5,7-12,17H2,1H3. The largest absolute Gasteiger partial charge is 0.327 e. The molecule has 0 aromatic carbocycles. The molecule has 1 atom stereocenters. The van der Waals surface area contributed by atoms with Gasteiger partial charge in [0.25, 0.3) is 0 Å². The molecular formula is C16H29N. The maximum atomic E-state index is 6.43. The van der Waals surface area contributed by atoms with E-state index < -0.39 is 0 Å². The molecule has 0 aromatic rings. The average molecular weight is 235 g/mol. The van der Waals surface area contributed by atoms with E-state index in [9.17, 15) is 0 Å². The van der Waals surface area contributed by atoms with Gasteiger partial charge in [-0.1, -0.05) is 37.8 Å². The zero-order chi connectivity index (χ0) is 12.1. The van der Waals surface area contributed by atoms with E-state index in [1.54, 1.807) is 5.57 Å². The summed E-state index contributed by atoms with van der Waals surface area (Å²) in [5.74, 6) is 1.80. The molecule has 0 heterocycles. The van der Waals surface area contributed by atoms with Crippen LogP contribution in [0.5, 0.6) is 0 Å². The van der Waals surface area contributed by atoms with Gasteiger partial charge in [0.2, 0.25) is 0 Å². The second-order valence-electron chi connectivity index (χ2n) is 6.17. The van der Waals surface area contributed by atoms with E-state index in [0.29, 0.717) is 6.04 Å². The van der Waals surface area contributed by atoms with Gasteiger partial charge in [-0.15, -0.1) is 0 Å². The third kappa shape index (κ3) is 3.84. The Balaban J connectivity index is 1.76. The monoisotopic (exact) mass is 235 g/mol. The van der Waals surface area contributed by atoms with Gasteiger partial charge in [0.15, 0.2) is 0 Å². The molecule has 0 spiro atoms. The second-order valence-corrected chi connectivity index (χ2v) is 6.17. The second kappa shape index (κ2) is 6.58. The summed E-state index contributed by atoms with van der Waals surface area (Å²) < 4.78 is 0. The Labute approximate surface area is 107 Å². The molecule has 0 aromatic heterocycles. The van der Waals surface area contributed by atoms with Crippen LogP contribution < -0.4 is 5.73 Å². The first-order chi connectivity index (χ1) is 8.29. The molecule has 2 aliphatic carbocycles. The summed E-state index contributed by atoms with van der Waals surface area (Å²) in [6.45, 7) is 2.33. The van der Waals surface area contributed by atoms with Crippen molar-refractivity contribution in [3.63, 3.8) is 0 Å². The third-order valence-corrected chi connectivity index (χ3v) is 4.96. The SMILES string of the molecule is CCC1CCC(C(N)CC2=CCCCC2)CC1. The Morgan fingerprint density at radius 1 is 1.24 bits per heavy atom. The number of allylic oxidation sites excluding steroid dienone is 1. The summed E-state index contributed by atoms with van der Waals surface area (Å²) in [6.07, 6.45) is 16.0. The van der Waals surface area contributed by atoms with Crippen molar-refractivity contribution in [3.05, 3.63) is 11.6 Å². The van der Waals surface area contributed by atoms with Gasteiger partial charge in [0.1, 0.15) is 0 Å². The van der Waals surface area contributed by atoms with Crippen molar-refractivity contribution in [1.82, 2.24) is 0 Å². The molecule has 2 N–H and O–H groups in total. The zero-order valence-corrected chi connectivity index (χ0v) is 11.5. The normalized spacial score (nSPS) is 32.0. The molecule has 2 aliphatic rings. The molecule has 0 saturated heterocycles. The Bertz CT molecular complexity index is 248. The predicted molar refractivity (Wildman–Crippen MR) is 74.9 cm³/mol. The molecule has 0 bridgehead atoms. The molecule has 1 heteroatoms. The average Bonchev–Trinajstić information content (AvgIpc) is 2.40. The molecular weight excluding hydrogens is 206 g/mol. The van der Waals surface area contributed by atoms with Gasteiger partial charge in [0, 0.05) is 6.04 Å². The molecule has 1 saturated carbocycles. The van der Waals surface area contributed by atoms with Crippen molar-refractivity contribution in [1.29, 1.82) is 0 Å². The summed E-state index contributed by atoms with van der Waals surface area (Å²) in [5.41, 5.74) is 8.08. The highest BCUT2D eigenvalue weighted by Gasteiger charge is 2.25. The Morgan fingerprint density at radius 2 is 2.00 bits per heavy atom. The van der Waals surface area contributed by atoms with Crippen molar-refractivity contribution in [2.45, 2.75) is 77.2 Å². The van der Waals surface area contributed by atoms with Crippen LogP contribution in [0.3, 0.4) is 0 Å². The van der Waals surface area contributed by atoms with E-state index in [-0.39, 0.29) is 0 Å². The zero-order valence-electron chi connectivity index (χ0n) is 11.5. The van der Waals surface area contributed by atoms with Crippen molar-refractivity contribution in [2.24, 2.45) is 17.6 Å². The minimum absolute atomic E-state index is 0.442. The fourth-order valence-electron chi connectivity index (χ4n) is 3.58. The highest BCUT2D eigenvalue weighted by atomic mass is 14.7. The van der Waals surface area contributed by atoms with Crippen LogP contribution in [0.15, 0.2) is 11.6 Å². The van der Waals surface area contributed by atoms with Crippen LogP contribution in [-0.4, -0.2) is 6.04 Å². The lowest BCUT2D eigenvalue weighted by atomic mass is 9.76. The number of rotatable bonds is 4. The summed E-state index contributed by atoms with van der Waals surface area (Å²) in [4.78, 5) is 0. The lowest BCUT2D eigenvalue weighted by Crippen LogP contribution is -2.33. The van der Waals surface area contributed by atoms with Gasteiger partial charge in [-0.25, -0.2) is 0 Å². The van der Waals surface area contributed by atoms with Gasteiger partial charge in [-0.3, -0.25) is 0 Å². The first-order valence-corrected chi connectivity index (χ1v) is 7.73. The van der Waals surface area contributed by atoms with Gasteiger partial charge in [-0.05, 0) is 56.8 Å². The van der Waals surface area contributed by atoms with Gasteiger partial charge < -0.3 is 5.73 Å². The lowest BCUT2D eigenvalue weighted by Gasteiger charge is -2.32. The molecule has 98 valence electrons. The van der Waals surface area contributed by atoms with Gasteiger partial charge in [-0.2, -0.15) is 0 Å². The van der Waals surface area contributed by atoms with Crippen molar-refractivity contribution < 1.29 is 0 Å². The summed E-state index contributed by atoms with van der Waals surface area (Å²) in [6, 6.07) is 0.442. The van der Waals surface area contributed by atoms with Crippen LogP contribution in [0.1, 0.15) is 71.1 Å². The van der Waals surface area contributed by atoms with Crippen LogP contribution in [0.25, 0.3) is 0 Å². The fourth-order valence-corrected chi connectivity index (χ4v) is 3.58. The summed E-state index contributed by atoms with van der Waals surface area (Å²) in [5, 5.41) is 0. The van der Waals surface area contributed by atoms with Crippen LogP contribution in [0, 0.1) is 11.8 Å². The molecule has 1 unspecified atom stereocenters. The predicted octanol–water partition coefficient (Wildman–Crippen LogP) is 4.42. The Morgan fingerprint density at radius 3 is 2.59 bits per heavy atom. The van der Waals surface area contributed by atoms with Crippen LogP contribution >= 0.6 is 0 Å². The number of hydrogen-bond donors (Lipinski definition) is 1. The fraction of sp³-hybridized carbons (Fsp3) is 0.875. The summed E-state index contributed by atoms with van der Waals surface area (Å²) >= 11 is 0. The van der Waals surface area contributed by atoms with Crippen LogP contribution in [0.4, 0.5) is 0 Å². The lowest BCUT2D eigenvalue weighted by molar-refractivity contribution is 0.237. The molecule has 1 nitrogen and oxygen atoms in total. The Hall–Kier alpha value is -0.300. The van der Waals surface area contributed by atoms with Gasteiger partial charge in [0.05, 0.1) is 0 Å². The molecule has 0 aliphatic heterocycles. The maximum Gasteiger partial charge on any atom is 0.0105 e. The molecule has 1 fully saturated rings. The minimum atomic E-state index is 0.442. The van der Waals surface area contributed by atoms with Gasteiger partial charge >= 0.3 is 0 Å². The Kier molecular flexibility index (Phi) is 5.09. The molecule has 17 heavy (non-hydrogen) atoms. The first-order valence-electron chi connectivity index (χ1n) is 7.73.